The standard InChI is InChI=1S/C12H28N2Si/c1-10(2)12(3,4)14-9-7-8-13-11(14)15(5)6/h10-11,13,15H,7-9H2,1-6H3. The van der Waals surface area contributed by atoms with Crippen molar-refractivity contribution in [1.29, 1.82) is 0 Å². The molecule has 1 heterocycles. The van der Waals surface area contributed by atoms with Gasteiger partial charge in [0.2, 0.25) is 0 Å². The minimum atomic E-state index is -0.636. The average molecular weight is 228 g/mol. The van der Waals surface area contributed by atoms with Gasteiger partial charge in [-0.2, -0.15) is 0 Å². The van der Waals surface area contributed by atoms with Gasteiger partial charge in [0.15, 0.2) is 0 Å². The normalized spacial score (nSPS) is 25.2. The van der Waals surface area contributed by atoms with Gasteiger partial charge in [-0.3, -0.25) is 4.90 Å². The molecule has 3 heteroatoms. The van der Waals surface area contributed by atoms with Gasteiger partial charge in [-0.25, -0.2) is 0 Å². The molecule has 0 aromatic carbocycles. The number of rotatable bonds is 3. The van der Waals surface area contributed by atoms with E-state index in [9.17, 15) is 0 Å². The zero-order valence-electron chi connectivity index (χ0n) is 11.3. The van der Waals surface area contributed by atoms with Gasteiger partial charge in [0.1, 0.15) is 0 Å². The van der Waals surface area contributed by atoms with Gasteiger partial charge in [0, 0.05) is 17.9 Å². The Bertz CT molecular complexity index is 202. The van der Waals surface area contributed by atoms with Crippen molar-refractivity contribution in [3.63, 3.8) is 0 Å². The lowest BCUT2D eigenvalue weighted by molar-refractivity contribution is 0.0307. The number of hydrogen-bond acceptors (Lipinski definition) is 2. The molecule has 0 radical (unpaired) electrons. The number of nitrogens with zero attached hydrogens (tertiary/aromatic N) is 1. The second-order valence-electron chi connectivity index (χ2n) is 6.00. The fourth-order valence-electron chi connectivity index (χ4n) is 2.32. The third kappa shape index (κ3) is 2.83. The topological polar surface area (TPSA) is 15.3 Å². The molecule has 1 saturated heterocycles. The van der Waals surface area contributed by atoms with Crippen molar-refractivity contribution in [2.45, 2.75) is 58.5 Å². The highest BCUT2D eigenvalue weighted by Gasteiger charge is 2.37. The maximum atomic E-state index is 3.72. The molecule has 1 atom stereocenters. The molecular formula is C12H28N2Si. The van der Waals surface area contributed by atoms with E-state index in [1.807, 2.05) is 0 Å². The smallest absolute Gasteiger partial charge is 0.0689 e. The van der Waals surface area contributed by atoms with E-state index in [0.29, 0.717) is 17.2 Å². The third-order valence-corrected chi connectivity index (χ3v) is 5.91. The van der Waals surface area contributed by atoms with Crippen LogP contribution in [-0.4, -0.2) is 38.1 Å². The van der Waals surface area contributed by atoms with Crippen LogP contribution in [0, 0.1) is 5.92 Å². The molecule has 15 heavy (non-hydrogen) atoms. The lowest BCUT2D eigenvalue weighted by Crippen LogP contribution is -2.65. The highest BCUT2D eigenvalue weighted by atomic mass is 28.3. The van der Waals surface area contributed by atoms with E-state index in [4.69, 9.17) is 0 Å². The maximum absolute atomic E-state index is 3.72. The summed E-state index contributed by atoms with van der Waals surface area (Å²) >= 11 is 0. The predicted octanol–water partition coefficient (Wildman–Crippen LogP) is 2.07. The van der Waals surface area contributed by atoms with Crippen LogP contribution in [0.1, 0.15) is 34.1 Å². The molecule has 0 aromatic heterocycles. The summed E-state index contributed by atoms with van der Waals surface area (Å²) in [6.45, 7) is 16.9. The van der Waals surface area contributed by atoms with Crippen molar-refractivity contribution in [3.05, 3.63) is 0 Å². The first kappa shape index (κ1) is 13.2. The van der Waals surface area contributed by atoms with Crippen molar-refractivity contribution < 1.29 is 0 Å². The highest BCUT2D eigenvalue weighted by molar-refractivity contribution is 6.57. The third-order valence-electron chi connectivity index (χ3n) is 4.05. The Morgan fingerprint density at radius 3 is 2.40 bits per heavy atom. The summed E-state index contributed by atoms with van der Waals surface area (Å²) in [6, 6.07) is 0. The van der Waals surface area contributed by atoms with Crippen LogP contribution in [0.15, 0.2) is 0 Å². The summed E-state index contributed by atoms with van der Waals surface area (Å²) in [5, 5.41) is 3.72. The van der Waals surface area contributed by atoms with Crippen LogP contribution in [-0.2, 0) is 0 Å². The number of nitrogens with one attached hydrogen (secondary N) is 1. The van der Waals surface area contributed by atoms with Crippen LogP contribution in [0.4, 0.5) is 0 Å². The molecular weight excluding hydrogens is 200 g/mol. The molecule has 0 saturated carbocycles. The Morgan fingerprint density at radius 2 is 1.93 bits per heavy atom. The van der Waals surface area contributed by atoms with E-state index in [0.717, 1.165) is 0 Å². The Hall–Kier alpha value is 0.137. The van der Waals surface area contributed by atoms with Crippen molar-refractivity contribution in [1.82, 2.24) is 10.2 Å². The summed E-state index contributed by atoms with van der Waals surface area (Å²) in [7, 11) is -0.636. The van der Waals surface area contributed by atoms with Gasteiger partial charge in [0.25, 0.3) is 0 Å². The van der Waals surface area contributed by atoms with Gasteiger partial charge in [-0.1, -0.05) is 26.9 Å². The molecule has 1 N–H and O–H groups in total. The second kappa shape index (κ2) is 4.98. The lowest BCUT2D eigenvalue weighted by Gasteiger charge is -2.50. The molecule has 1 aliphatic rings. The van der Waals surface area contributed by atoms with Crippen molar-refractivity contribution in [2.24, 2.45) is 5.92 Å². The molecule has 0 bridgehead atoms. The van der Waals surface area contributed by atoms with Gasteiger partial charge in [-0.05, 0) is 32.7 Å². The Kier molecular flexibility index (Phi) is 4.38. The summed E-state index contributed by atoms with van der Waals surface area (Å²) in [4.78, 5) is 2.72. The highest BCUT2D eigenvalue weighted by Crippen LogP contribution is 2.27. The fourth-order valence-corrected chi connectivity index (χ4v) is 4.21. The lowest BCUT2D eigenvalue weighted by atomic mass is 9.88. The van der Waals surface area contributed by atoms with E-state index in [1.54, 1.807) is 0 Å². The van der Waals surface area contributed by atoms with Crippen molar-refractivity contribution >= 4 is 8.80 Å². The zero-order chi connectivity index (χ0) is 11.6. The van der Waals surface area contributed by atoms with E-state index in [2.05, 4.69) is 51.0 Å². The van der Waals surface area contributed by atoms with Gasteiger partial charge in [0.05, 0.1) is 8.80 Å². The van der Waals surface area contributed by atoms with E-state index in [1.165, 1.54) is 19.5 Å². The quantitative estimate of drug-likeness (QED) is 0.744. The molecule has 1 rings (SSSR count). The number of hydrogen-bond donors (Lipinski definition) is 1. The molecule has 1 unspecified atom stereocenters. The predicted molar refractivity (Wildman–Crippen MR) is 70.9 cm³/mol. The Labute approximate surface area is 97.0 Å². The SMILES string of the molecule is CC(C)C(C)(C)N1CCCNC1[SiH](C)C. The average Bonchev–Trinajstić information content (AvgIpc) is 2.17. The molecule has 0 aliphatic carbocycles. The van der Waals surface area contributed by atoms with Gasteiger partial charge >= 0.3 is 0 Å². The first-order chi connectivity index (χ1) is 6.87. The summed E-state index contributed by atoms with van der Waals surface area (Å²) < 4.78 is 0. The first-order valence-corrected chi connectivity index (χ1v) is 9.35. The van der Waals surface area contributed by atoms with E-state index >= 15 is 0 Å². The van der Waals surface area contributed by atoms with E-state index < -0.39 is 8.80 Å². The van der Waals surface area contributed by atoms with Crippen LogP contribution in [0.25, 0.3) is 0 Å². The molecule has 90 valence electrons. The maximum Gasteiger partial charge on any atom is 0.0689 e. The molecule has 0 aromatic rings. The van der Waals surface area contributed by atoms with Crippen LogP contribution in [0.2, 0.25) is 13.1 Å². The monoisotopic (exact) mass is 228 g/mol. The van der Waals surface area contributed by atoms with Crippen molar-refractivity contribution in [2.75, 3.05) is 13.1 Å². The van der Waals surface area contributed by atoms with Crippen LogP contribution in [0.5, 0.6) is 0 Å². The molecule has 2 nitrogen and oxygen atoms in total. The summed E-state index contributed by atoms with van der Waals surface area (Å²) in [5.74, 6) is 1.41. The van der Waals surface area contributed by atoms with Gasteiger partial charge in [-0.15, -0.1) is 0 Å². The molecule has 1 fully saturated rings. The minimum Gasteiger partial charge on any atom is -0.305 e. The van der Waals surface area contributed by atoms with E-state index in [-0.39, 0.29) is 0 Å². The Balaban J connectivity index is 2.80. The summed E-state index contributed by atoms with van der Waals surface area (Å²) in [6.07, 6.45) is 1.30. The molecule has 1 aliphatic heterocycles. The fraction of sp³-hybridized carbons (Fsp3) is 1.00. The minimum absolute atomic E-state index is 0.329. The van der Waals surface area contributed by atoms with Crippen molar-refractivity contribution in [3.8, 4) is 0 Å². The molecule has 0 amide bonds. The largest absolute Gasteiger partial charge is 0.305 e. The zero-order valence-corrected chi connectivity index (χ0v) is 12.5. The van der Waals surface area contributed by atoms with Crippen LogP contribution >= 0.6 is 0 Å². The van der Waals surface area contributed by atoms with Crippen LogP contribution in [0.3, 0.4) is 0 Å². The first-order valence-electron chi connectivity index (χ1n) is 6.37. The van der Waals surface area contributed by atoms with Gasteiger partial charge < -0.3 is 5.32 Å². The second-order valence-corrected chi connectivity index (χ2v) is 9.12. The summed E-state index contributed by atoms with van der Waals surface area (Å²) in [5.41, 5.74) is 0.329. The van der Waals surface area contributed by atoms with Crippen LogP contribution < -0.4 is 5.32 Å². The molecule has 0 spiro atoms. The Morgan fingerprint density at radius 1 is 1.33 bits per heavy atom.